The van der Waals surface area contributed by atoms with E-state index in [1.54, 1.807) is 11.8 Å². The zero-order valence-corrected chi connectivity index (χ0v) is 23.0. The normalized spacial score (nSPS) is 15.6. The van der Waals surface area contributed by atoms with Crippen molar-refractivity contribution in [3.8, 4) is 0 Å². The molecule has 210 valence electrons. The maximum atomic E-state index is 13.7. The number of carbonyl (C=O) groups is 3. The van der Waals surface area contributed by atoms with E-state index in [9.17, 15) is 19.5 Å². The number of carbonyl (C=O) groups excluding carboxylic acids is 2. The number of aliphatic carboxylic acids is 1. The van der Waals surface area contributed by atoms with Crippen molar-refractivity contribution in [2.45, 2.75) is 77.8 Å². The molecule has 3 amide bonds. The number of para-hydroxylation sites is 1. The number of H-pyrrole nitrogens is 1. The Morgan fingerprint density at radius 2 is 1.82 bits per heavy atom. The first-order valence-electron chi connectivity index (χ1n) is 13.8. The number of rotatable bonds is 10. The average Bonchev–Trinajstić information content (AvgIpc) is 3.33. The zero-order chi connectivity index (χ0) is 27.9. The van der Waals surface area contributed by atoms with E-state index < -0.39 is 18.1 Å². The van der Waals surface area contributed by atoms with Gasteiger partial charge < -0.3 is 30.0 Å². The van der Waals surface area contributed by atoms with Gasteiger partial charge in [0.1, 0.15) is 17.8 Å². The predicted molar refractivity (Wildman–Crippen MR) is 147 cm³/mol. The summed E-state index contributed by atoms with van der Waals surface area (Å²) in [6, 6.07) is 6.25. The van der Waals surface area contributed by atoms with Crippen LogP contribution in [0, 0.1) is 12.8 Å². The lowest BCUT2D eigenvalue weighted by molar-refractivity contribution is -0.136. The molecule has 2 aromatic heterocycles. The number of aryl methyl sites for hydroxylation is 1. The summed E-state index contributed by atoms with van der Waals surface area (Å²) in [5, 5.41) is 16.3. The number of likely N-dealkylation sites (tertiary alicyclic amines) is 1. The van der Waals surface area contributed by atoms with Crippen LogP contribution in [0.5, 0.6) is 0 Å². The summed E-state index contributed by atoms with van der Waals surface area (Å²) >= 11 is 0. The van der Waals surface area contributed by atoms with Gasteiger partial charge in [-0.25, -0.2) is 9.78 Å². The highest BCUT2D eigenvalue weighted by atomic mass is 16.4. The van der Waals surface area contributed by atoms with Crippen LogP contribution in [0.25, 0.3) is 10.9 Å². The van der Waals surface area contributed by atoms with Gasteiger partial charge in [0.15, 0.2) is 0 Å². The molecule has 4 N–H and O–H groups in total. The fourth-order valence-electron chi connectivity index (χ4n) is 5.12. The SMILES string of the molecule is Cc1oc([C@@H](Cc2c[nH]c3ccccc23)NC(=O)[C@H](CC(C)C)NC(=O)N2CCCCCC2)nc1CC(=O)O. The van der Waals surface area contributed by atoms with E-state index in [0.717, 1.165) is 42.1 Å². The molecule has 4 rings (SSSR count). The van der Waals surface area contributed by atoms with Gasteiger partial charge in [-0.3, -0.25) is 9.59 Å². The maximum absolute atomic E-state index is 13.7. The molecule has 1 saturated heterocycles. The van der Waals surface area contributed by atoms with Crippen LogP contribution < -0.4 is 10.6 Å². The zero-order valence-electron chi connectivity index (χ0n) is 23.0. The topological polar surface area (TPSA) is 141 Å². The van der Waals surface area contributed by atoms with E-state index in [1.165, 1.54) is 0 Å². The van der Waals surface area contributed by atoms with Crippen molar-refractivity contribution in [3.63, 3.8) is 0 Å². The first-order valence-corrected chi connectivity index (χ1v) is 13.8. The quantitative estimate of drug-likeness (QED) is 0.300. The van der Waals surface area contributed by atoms with Crippen molar-refractivity contribution >= 4 is 28.8 Å². The lowest BCUT2D eigenvalue weighted by atomic mass is 10.0. The summed E-state index contributed by atoms with van der Waals surface area (Å²) < 4.78 is 5.90. The van der Waals surface area contributed by atoms with Crippen LogP contribution in [0.1, 0.15) is 74.9 Å². The molecule has 0 radical (unpaired) electrons. The summed E-state index contributed by atoms with van der Waals surface area (Å²) in [5.74, 6) is -0.526. The van der Waals surface area contributed by atoms with Crippen LogP contribution in [0.15, 0.2) is 34.9 Å². The number of hydrogen-bond acceptors (Lipinski definition) is 5. The number of hydrogen-bond donors (Lipinski definition) is 4. The van der Waals surface area contributed by atoms with Crippen molar-refractivity contribution in [2.75, 3.05) is 13.1 Å². The van der Waals surface area contributed by atoms with Crippen molar-refractivity contribution in [2.24, 2.45) is 5.92 Å². The van der Waals surface area contributed by atoms with Crippen LogP contribution >= 0.6 is 0 Å². The highest BCUT2D eigenvalue weighted by Crippen LogP contribution is 2.26. The fourth-order valence-corrected chi connectivity index (χ4v) is 5.12. The number of urea groups is 1. The molecular formula is C29H39N5O5. The number of amides is 3. The number of oxazole rings is 1. The Kier molecular flexibility index (Phi) is 9.27. The van der Waals surface area contributed by atoms with E-state index >= 15 is 0 Å². The molecule has 39 heavy (non-hydrogen) atoms. The molecule has 2 atom stereocenters. The lowest BCUT2D eigenvalue weighted by Crippen LogP contribution is -2.52. The lowest BCUT2D eigenvalue weighted by Gasteiger charge is -2.27. The Morgan fingerprint density at radius 1 is 1.10 bits per heavy atom. The van der Waals surface area contributed by atoms with Crippen LogP contribution in [-0.4, -0.2) is 57.0 Å². The molecule has 3 heterocycles. The largest absolute Gasteiger partial charge is 0.481 e. The summed E-state index contributed by atoms with van der Waals surface area (Å²) in [5.41, 5.74) is 2.25. The Labute approximate surface area is 228 Å². The third-order valence-corrected chi connectivity index (χ3v) is 7.16. The van der Waals surface area contributed by atoms with Gasteiger partial charge in [-0.05, 0) is 43.7 Å². The molecule has 0 bridgehead atoms. The van der Waals surface area contributed by atoms with Crippen LogP contribution in [0.3, 0.4) is 0 Å². The minimum Gasteiger partial charge on any atom is -0.481 e. The second-order valence-corrected chi connectivity index (χ2v) is 10.8. The van der Waals surface area contributed by atoms with E-state index in [0.29, 0.717) is 37.4 Å². The van der Waals surface area contributed by atoms with Crippen molar-refractivity contribution < 1.29 is 23.9 Å². The van der Waals surface area contributed by atoms with Crippen LogP contribution in [0.2, 0.25) is 0 Å². The number of carboxylic acid groups (broad SMARTS) is 1. The Balaban J connectivity index is 1.59. The molecule has 1 fully saturated rings. The van der Waals surface area contributed by atoms with Crippen molar-refractivity contribution in [1.29, 1.82) is 0 Å². The van der Waals surface area contributed by atoms with Gasteiger partial charge in [-0.15, -0.1) is 0 Å². The average molecular weight is 538 g/mol. The van der Waals surface area contributed by atoms with Gasteiger partial charge in [0.05, 0.1) is 12.1 Å². The van der Waals surface area contributed by atoms with E-state index in [1.807, 2.05) is 44.3 Å². The smallest absolute Gasteiger partial charge is 0.318 e. The number of nitrogens with one attached hydrogen (secondary N) is 3. The number of benzene rings is 1. The van der Waals surface area contributed by atoms with Gasteiger partial charge in [0.2, 0.25) is 11.8 Å². The summed E-state index contributed by atoms with van der Waals surface area (Å²) in [6.07, 6.45) is 6.60. The van der Waals surface area contributed by atoms with Crippen molar-refractivity contribution in [1.82, 2.24) is 25.5 Å². The monoisotopic (exact) mass is 537 g/mol. The number of nitrogens with zero attached hydrogens (tertiary/aromatic N) is 2. The molecule has 1 aliphatic heterocycles. The molecule has 10 heteroatoms. The molecule has 0 aliphatic carbocycles. The third kappa shape index (κ3) is 7.40. The highest BCUT2D eigenvalue weighted by molar-refractivity contribution is 5.87. The Hall–Kier alpha value is -3.82. The van der Waals surface area contributed by atoms with Crippen LogP contribution in [-0.2, 0) is 22.4 Å². The maximum Gasteiger partial charge on any atom is 0.318 e. The van der Waals surface area contributed by atoms with Gasteiger partial charge >= 0.3 is 12.0 Å². The summed E-state index contributed by atoms with van der Waals surface area (Å²) in [7, 11) is 0. The molecule has 10 nitrogen and oxygen atoms in total. The van der Waals surface area contributed by atoms with Gasteiger partial charge in [0, 0.05) is 36.6 Å². The second kappa shape index (κ2) is 12.8. The molecule has 0 spiro atoms. The number of aromatic nitrogens is 2. The number of aromatic amines is 1. The number of fused-ring (bicyclic) bond motifs is 1. The summed E-state index contributed by atoms with van der Waals surface area (Å²) in [4.78, 5) is 47.6. The highest BCUT2D eigenvalue weighted by Gasteiger charge is 2.30. The minimum absolute atomic E-state index is 0.170. The van der Waals surface area contributed by atoms with E-state index in [4.69, 9.17) is 4.42 Å². The molecule has 1 aliphatic rings. The predicted octanol–water partition coefficient (Wildman–Crippen LogP) is 4.49. The first kappa shape index (κ1) is 28.2. The molecule has 0 saturated carbocycles. The Morgan fingerprint density at radius 3 is 2.51 bits per heavy atom. The van der Waals surface area contributed by atoms with Gasteiger partial charge in [-0.1, -0.05) is 44.9 Å². The van der Waals surface area contributed by atoms with E-state index in [-0.39, 0.29) is 30.2 Å². The minimum atomic E-state index is -1.01. The van der Waals surface area contributed by atoms with Crippen molar-refractivity contribution in [3.05, 3.63) is 53.4 Å². The van der Waals surface area contributed by atoms with Gasteiger partial charge in [0.25, 0.3) is 0 Å². The second-order valence-electron chi connectivity index (χ2n) is 10.8. The summed E-state index contributed by atoms with van der Waals surface area (Å²) in [6.45, 7) is 7.07. The van der Waals surface area contributed by atoms with Crippen LogP contribution in [0.4, 0.5) is 4.79 Å². The number of carboxylic acids is 1. The van der Waals surface area contributed by atoms with E-state index in [2.05, 4.69) is 20.6 Å². The van der Waals surface area contributed by atoms with Gasteiger partial charge in [-0.2, -0.15) is 0 Å². The molecule has 3 aromatic rings. The fraction of sp³-hybridized carbons (Fsp3) is 0.517. The standard InChI is InChI=1S/C29H39N5O5/c1-18(2)14-24(33-29(38)34-12-8-4-5-9-13-34)27(37)31-25(28-32-23(16-26(35)36)19(3)39-28)15-20-17-30-22-11-7-6-10-21(20)22/h6-7,10-11,17-18,24-25,30H,4-5,8-9,12-16H2,1-3H3,(H,31,37)(H,33,38)(H,35,36)/t24-,25+/m0/s1. The first-order chi connectivity index (χ1) is 18.7. The third-order valence-electron chi connectivity index (χ3n) is 7.16. The molecule has 0 unspecified atom stereocenters. The Bertz CT molecular complexity index is 1290. The molecule has 1 aromatic carbocycles. The molecular weight excluding hydrogens is 498 g/mol.